The van der Waals surface area contributed by atoms with Crippen molar-refractivity contribution in [3.8, 4) is 5.75 Å². The summed E-state index contributed by atoms with van der Waals surface area (Å²) in [5.74, 6) is -0.341. The molecule has 0 bridgehead atoms. The first kappa shape index (κ1) is 14.5. The summed E-state index contributed by atoms with van der Waals surface area (Å²) in [6.07, 6.45) is 1.37. The molecule has 4 nitrogen and oxygen atoms in total. The number of carbonyl (C=O) groups excluding carboxylic acids is 1. The van der Waals surface area contributed by atoms with E-state index in [1.165, 1.54) is 18.4 Å². The maximum atomic E-state index is 12.2. The summed E-state index contributed by atoms with van der Waals surface area (Å²) in [7, 11) is 0. The highest BCUT2D eigenvalue weighted by atomic mass is 79.9. The highest BCUT2D eigenvalue weighted by Gasteiger charge is 2.14. The molecule has 1 aromatic carbocycles. The summed E-state index contributed by atoms with van der Waals surface area (Å²) in [6, 6.07) is 7.77. The second-order valence-corrected chi connectivity index (χ2v) is 4.50. The van der Waals surface area contributed by atoms with Crippen LogP contribution in [0.3, 0.4) is 0 Å². The summed E-state index contributed by atoms with van der Waals surface area (Å²) in [5, 5.41) is 2.60. The molecule has 20 heavy (non-hydrogen) atoms. The molecule has 0 radical (unpaired) electrons. The number of halogens is 3. The number of para-hydroxylation sites is 1. The topological polar surface area (TPSA) is 51.5 Å². The van der Waals surface area contributed by atoms with Gasteiger partial charge < -0.3 is 14.5 Å². The molecule has 2 rings (SSSR count). The van der Waals surface area contributed by atoms with Crippen LogP contribution in [0, 0.1) is 0 Å². The zero-order chi connectivity index (χ0) is 14.5. The maximum absolute atomic E-state index is 12.2. The average Bonchev–Trinajstić information content (AvgIpc) is 2.83. The first-order valence-electron chi connectivity index (χ1n) is 5.62. The van der Waals surface area contributed by atoms with E-state index in [9.17, 15) is 13.6 Å². The molecule has 0 fully saturated rings. The zero-order valence-corrected chi connectivity index (χ0v) is 11.7. The minimum Gasteiger partial charge on any atom is -0.457 e. The Balaban J connectivity index is 2.04. The largest absolute Gasteiger partial charge is 0.457 e. The Hall–Kier alpha value is -1.89. The number of furan rings is 1. The van der Waals surface area contributed by atoms with Crippen LogP contribution in [0.25, 0.3) is 0 Å². The van der Waals surface area contributed by atoms with Crippen LogP contribution in [0.15, 0.2) is 45.7 Å². The second-order valence-electron chi connectivity index (χ2n) is 3.78. The van der Waals surface area contributed by atoms with Gasteiger partial charge in [0.05, 0.1) is 11.8 Å². The Kier molecular flexibility index (Phi) is 4.73. The van der Waals surface area contributed by atoms with E-state index in [1.807, 2.05) is 0 Å². The van der Waals surface area contributed by atoms with Crippen molar-refractivity contribution in [3.05, 3.63) is 52.4 Å². The van der Waals surface area contributed by atoms with Gasteiger partial charge in [-0.15, -0.1) is 0 Å². The third-order valence-electron chi connectivity index (χ3n) is 2.49. The van der Waals surface area contributed by atoms with Crippen molar-refractivity contribution in [1.29, 1.82) is 0 Å². The first-order valence-corrected chi connectivity index (χ1v) is 6.41. The van der Waals surface area contributed by atoms with Crippen molar-refractivity contribution >= 4 is 21.8 Å². The van der Waals surface area contributed by atoms with Crippen LogP contribution in [-0.2, 0) is 6.54 Å². The number of ether oxygens (including phenoxy) is 1. The fourth-order valence-electron chi connectivity index (χ4n) is 1.59. The van der Waals surface area contributed by atoms with Crippen molar-refractivity contribution in [2.45, 2.75) is 13.2 Å². The molecule has 1 N–H and O–H groups in total. The number of benzene rings is 1. The molecule has 0 aliphatic rings. The van der Waals surface area contributed by atoms with Crippen LogP contribution in [0.5, 0.6) is 5.75 Å². The Bertz CT molecular complexity index is 601. The van der Waals surface area contributed by atoms with Crippen molar-refractivity contribution in [1.82, 2.24) is 5.32 Å². The number of amides is 1. The van der Waals surface area contributed by atoms with Gasteiger partial charge in [-0.25, -0.2) is 0 Å². The third-order valence-corrected chi connectivity index (χ3v) is 3.10. The van der Waals surface area contributed by atoms with Gasteiger partial charge in [-0.1, -0.05) is 18.2 Å². The lowest BCUT2D eigenvalue weighted by Crippen LogP contribution is -2.23. The molecule has 106 valence electrons. The summed E-state index contributed by atoms with van der Waals surface area (Å²) in [5.41, 5.74) is 0.790. The van der Waals surface area contributed by atoms with Gasteiger partial charge in [-0.3, -0.25) is 4.79 Å². The van der Waals surface area contributed by atoms with Crippen molar-refractivity contribution in [3.63, 3.8) is 0 Å². The molecular weight excluding hydrogens is 336 g/mol. The minimum absolute atomic E-state index is 0.0362. The zero-order valence-electron chi connectivity index (χ0n) is 10.1. The number of rotatable bonds is 5. The van der Waals surface area contributed by atoms with Crippen LogP contribution in [0.1, 0.15) is 15.9 Å². The van der Waals surface area contributed by atoms with Crippen LogP contribution in [-0.4, -0.2) is 12.5 Å². The monoisotopic (exact) mass is 345 g/mol. The maximum Gasteiger partial charge on any atom is 0.387 e. The summed E-state index contributed by atoms with van der Waals surface area (Å²) in [4.78, 5) is 11.8. The Labute approximate surface area is 121 Å². The number of hydrogen-bond donors (Lipinski definition) is 1. The quantitative estimate of drug-likeness (QED) is 0.901. The Morgan fingerprint density at radius 2 is 2.10 bits per heavy atom. The lowest BCUT2D eigenvalue weighted by molar-refractivity contribution is -0.0504. The Morgan fingerprint density at radius 1 is 1.35 bits per heavy atom. The van der Waals surface area contributed by atoms with Gasteiger partial charge in [0.15, 0.2) is 4.67 Å². The number of carbonyl (C=O) groups is 1. The van der Waals surface area contributed by atoms with E-state index in [0.29, 0.717) is 15.8 Å². The predicted octanol–water partition coefficient (Wildman–Crippen LogP) is 3.57. The summed E-state index contributed by atoms with van der Waals surface area (Å²) in [6.45, 7) is -2.84. The molecule has 0 atom stereocenters. The second kappa shape index (κ2) is 6.51. The van der Waals surface area contributed by atoms with Gasteiger partial charge in [-0.05, 0) is 28.1 Å². The summed E-state index contributed by atoms with van der Waals surface area (Å²) < 4.78 is 34.1. The molecule has 0 saturated carbocycles. The van der Waals surface area contributed by atoms with Crippen molar-refractivity contribution in [2.24, 2.45) is 0 Å². The van der Waals surface area contributed by atoms with Gasteiger partial charge >= 0.3 is 6.61 Å². The smallest absolute Gasteiger partial charge is 0.387 e. The van der Waals surface area contributed by atoms with Crippen LogP contribution in [0.2, 0.25) is 0 Å². The fraction of sp³-hybridized carbons (Fsp3) is 0.154. The number of hydrogen-bond acceptors (Lipinski definition) is 3. The molecule has 0 unspecified atom stereocenters. The highest BCUT2D eigenvalue weighted by Crippen LogP contribution is 2.21. The fourth-order valence-corrected chi connectivity index (χ4v) is 2.01. The molecule has 0 spiro atoms. The van der Waals surface area contributed by atoms with Crippen LogP contribution in [0.4, 0.5) is 8.78 Å². The van der Waals surface area contributed by atoms with E-state index >= 15 is 0 Å². The molecule has 1 heterocycles. The minimum atomic E-state index is -2.91. The van der Waals surface area contributed by atoms with Gasteiger partial charge in [0, 0.05) is 12.1 Å². The predicted molar refractivity (Wildman–Crippen MR) is 70.7 cm³/mol. The summed E-state index contributed by atoms with van der Waals surface area (Å²) >= 11 is 3.09. The van der Waals surface area contributed by atoms with Crippen molar-refractivity contribution < 1.29 is 22.7 Å². The van der Waals surface area contributed by atoms with E-state index in [4.69, 9.17) is 4.42 Å². The molecular formula is C13H10BrF2NO3. The average molecular weight is 346 g/mol. The third kappa shape index (κ3) is 3.57. The first-order chi connectivity index (χ1) is 9.58. The molecule has 0 saturated heterocycles. The number of nitrogens with one attached hydrogen (secondary N) is 1. The van der Waals surface area contributed by atoms with Gasteiger partial charge in [-0.2, -0.15) is 8.78 Å². The number of alkyl halides is 2. The van der Waals surface area contributed by atoms with Gasteiger partial charge in [0.2, 0.25) is 0 Å². The Morgan fingerprint density at radius 3 is 2.75 bits per heavy atom. The normalized spacial score (nSPS) is 10.6. The molecule has 1 amide bonds. The van der Waals surface area contributed by atoms with Gasteiger partial charge in [0.1, 0.15) is 5.75 Å². The molecule has 0 aliphatic carbocycles. The van der Waals surface area contributed by atoms with Gasteiger partial charge in [0.25, 0.3) is 5.91 Å². The van der Waals surface area contributed by atoms with Crippen LogP contribution < -0.4 is 10.1 Å². The lowest BCUT2D eigenvalue weighted by atomic mass is 10.2. The van der Waals surface area contributed by atoms with Crippen molar-refractivity contribution in [2.75, 3.05) is 0 Å². The molecule has 0 aliphatic heterocycles. The molecule has 7 heteroatoms. The lowest BCUT2D eigenvalue weighted by Gasteiger charge is -2.11. The van der Waals surface area contributed by atoms with Crippen LogP contribution >= 0.6 is 15.9 Å². The van der Waals surface area contributed by atoms with E-state index in [1.54, 1.807) is 18.2 Å². The van der Waals surface area contributed by atoms with E-state index in [0.717, 1.165) is 0 Å². The highest BCUT2D eigenvalue weighted by molar-refractivity contribution is 9.10. The SMILES string of the molecule is O=C(NCc1ccccc1OC(F)F)c1ccoc1Br. The van der Waals surface area contributed by atoms with E-state index < -0.39 is 6.61 Å². The standard InChI is InChI=1S/C13H10BrF2NO3/c14-11-9(5-6-19-11)12(18)17-7-8-3-1-2-4-10(8)20-13(15)16/h1-6,13H,7H2,(H,17,18). The molecule has 1 aromatic heterocycles. The van der Waals surface area contributed by atoms with E-state index in [-0.39, 0.29) is 18.2 Å². The van der Waals surface area contributed by atoms with E-state index in [2.05, 4.69) is 26.0 Å². The molecule has 2 aromatic rings.